The maximum absolute atomic E-state index is 12.6. The van der Waals surface area contributed by atoms with Gasteiger partial charge in [0.1, 0.15) is 5.82 Å². The summed E-state index contributed by atoms with van der Waals surface area (Å²) in [5, 5.41) is 5.20. The molecule has 3 aromatic rings. The van der Waals surface area contributed by atoms with Crippen LogP contribution in [0.4, 0.5) is 0 Å². The molecule has 0 bridgehead atoms. The summed E-state index contributed by atoms with van der Waals surface area (Å²) in [6, 6.07) is 6.48. The highest BCUT2D eigenvalue weighted by atomic mass is 16.1. The Balaban J connectivity index is 1.48. The van der Waals surface area contributed by atoms with E-state index in [0.29, 0.717) is 18.4 Å². The Bertz CT molecular complexity index is 997. The Morgan fingerprint density at radius 3 is 2.79 bits per heavy atom. The summed E-state index contributed by atoms with van der Waals surface area (Å²) in [5.74, 6) is 0.752. The van der Waals surface area contributed by atoms with Gasteiger partial charge in [0, 0.05) is 56.1 Å². The summed E-state index contributed by atoms with van der Waals surface area (Å²) in [4.78, 5) is 26.2. The molecule has 0 saturated carbocycles. The lowest BCUT2D eigenvalue weighted by atomic mass is 10.1. The predicted molar refractivity (Wildman–Crippen MR) is 109 cm³/mol. The molecule has 1 atom stereocenters. The second-order valence-electron chi connectivity index (χ2n) is 7.76. The first-order chi connectivity index (χ1) is 13.5. The molecule has 28 heavy (non-hydrogen) atoms. The first kappa shape index (κ1) is 18.7. The van der Waals surface area contributed by atoms with E-state index in [1.54, 1.807) is 10.9 Å². The van der Waals surface area contributed by atoms with Crippen molar-refractivity contribution in [3.8, 4) is 11.1 Å². The van der Waals surface area contributed by atoms with Crippen molar-refractivity contribution in [2.24, 2.45) is 7.05 Å². The van der Waals surface area contributed by atoms with Gasteiger partial charge in [-0.2, -0.15) is 5.10 Å². The van der Waals surface area contributed by atoms with Crippen LogP contribution in [0, 0.1) is 0 Å². The number of ketones is 1. The van der Waals surface area contributed by atoms with Crippen LogP contribution in [0.2, 0.25) is 0 Å². The van der Waals surface area contributed by atoms with E-state index in [9.17, 15) is 4.79 Å². The topological polar surface area (TPSA) is 67.2 Å². The quantitative estimate of drug-likeness (QED) is 0.674. The van der Waals surface area contributed by atoms with Crippen LogP contribution in [0.15, 0.2) is 36.8 Å². The number of nitrogens with zero attached hydrogens (tertiary/aromatic N) is 6. The van der Waals surface area contributed by atoms with Crippen LogP contribution in [0.3, 0.4) is 0 Å². The normalized spacial score (nSPS) is 18.6. The molecule has 1 aliphatic heterocycles. The van der Waals surface area contributed by atoms with E-state index < -0.39 is 0 Å². The Morgan fingerprint density at radius 2 is 2.04 bits per heavy atom. The van der Waals surface area contributed by atoms with Crippen LogP contribution in [-0.2, 0) is 18.3 Å². The fraction of sp³-hybridized carbons (Fsp3) is 0.429. The van der Waals surface area contributed by atoms with Gasteiger partial charge in [-0.05, 0) is 25.6 Å². The van der Waals surface area contributed by atoms with Crippen molar-refractivity contribution in [3.05, 3.63) is 42.6 Å². The maximum Gasteiger partial charge on any atom is 0.154 e. The van der Waals surface area contributed by atoms with Crippen LogP contribution in [0.1, 0.15) is 12.7 Å². The van der Waals surface area contributed by atoms with Gasteiger partial charge in [-0.1, -0.05) is 12.1 Å². The summed E-state index contributed by atoms with van der Waals surface area (Å²) >= 11 is 0. The van der Waals surface area contributed by atoms with Gasteiger partial charge in [-0.3, -0.25) is 14.4 Å². The van der Waals surface area contributed by atoms with Gasteiger partial charge in [0.15, 0.2) is 5.78 Å². The van der Waals surface area contributed by atoms with Crippen molar-refractivity contribution >= 4 is 16.7 Å². The number of rotatable bonds is 5. The van der Waals surface area contributed by atoms with Gasteiger partial charge in [0.2, 0.25) is 0 Å². The lowest BCUT2D eigenvalue weighted by molar-refractivity contribution is -0.120. The summed E-state index contributed by atoms with van der Waals surface area (Å²) in [6.45, 7) is 5.57. The molecule has 1 saturated heterocycles. The largest absolute Gasteiger partial charge is 0.304 e. The van der Waals surface area contributed by atoms with Crippen molar-refractivity contribution in [3.63, 3.8) is 0 Å². The Labute approximate surface area is 165 Å². The molecule has 0 unspecified atom stereocenters. The number of likely N-dealkylation sites (N-methyl/N-ethyl adjacent to an activating group) is 1. The fourth-order valence-corrected chi connectivity index (χ4v) is 3.77. The second-order valence-corrected chi connectivity index (χ2v) is 7.76. The number of benzene rings is 1. The Hall–Kier alpha value is -2.64. The van der Waals surface area contributed by atoms with Crippen LogP contribution in [0.5, 0.6) is 0 Å². The molecule has 7 heteroatoms. The molecular weight excluding hydrogens is 352 g/mol. The molecule has 146 valence electrons. The standard InChI is InChI=1S/C21H26N6O/c1-15-12-25(2)6-7-27(15)14-19(28)9-21-22-10-17-5-4-16(8-20(17)24-21)18-11-23-26(3)13-18/h4-5,8,10-11,13,15H,6-7,9,12,14H2,1-3H3/t15-/m0/s1. The molecule has 2 aromatic heterocycles. The van der Waals surface area contributed by atoms with E-state index in [4.69, 9.17) is 0 Å². The molecule has 3 heterocycles. The average Bonchev–Trinajstić information content (AvgIpc) is 3.10. The molecule has 1 aliphatic rings. The van der Waals surface area contributed by atoms with Crippen LogP contribution in [0.25, 0.3) is 22.0 Å². The minimum absolute atomic E-state index is 0.166. The second kappa shape index (κ2) is 7.77. The number of carbonyl (C=O) groups excluding carboxylic acids is 1. The van der Waals surface area contributed by atoms with Crippen molar-refractivity contribution < 1.29 is 4.79 Å². The van der Waals surface area contributed by atoms with Crippen molar-refractivity contribution in [2.75, 3.05) is 33.2 Å². The molecule has 1 fully saturated rings. The molecule has 0 amide bonds. The third-order valence-electron chi connectivity index (χ3n) is 5.37. The summed E-state index contributed by atoms with van der Waals surface area (Å²) < 4.78 is 1.78. The first-order valence-electron chi connectivity index (χ1n) is 9.67. The molecule has 0 aliphatic carbocycles. The highest BCUT2D eigenvalue weighted by Gasteiger charge is 2.23. The summed E-state index contributed by atoms with van der Waals surface area (Å²) in [6.07, 6.45) is 5.89. The third kappa shape index (κ3) is 4.10. The smallest absolute Gasteiger partial charge is 0.154 e. The van der Waals surface area contributed by atoms with Gasteiger partial charge in [0.05, 0.1) is 24.7 Å². The van der Waals surface area contributed by atoms with Gasteiger partial charge in [-0.15, -0.1) is 0 Å². The Kier molecular flexibility index (Phi) is 5.19. The average molecular weight is 378 g/mol. The van der Waals surface area contributed by atoms with Gasteiger partial charge < -0.3 is 4.90 Å². The molecular formula is C21H26N6O. The van der Waals surface area contributed by atoms with E-state index in [1.807, 2.05) is 37.6 Å². The van der Waals surface area contributed by atoms with Gasteiger partial charge in [-0.25, -0.2) is 9.97 Å². The number of aromatic nitrogens is 4. The SMILES string of the molecule is C[C@H]1CN(C)CCN1CC(=O)Cc1ncc2ccc(-c3cnn(C)c3)cc2n1. The zero-order valence-corrected chi connectivity index (χ0v) is 16.7. The molecule has 1 aromatic carbocycles. The van der Waals surface area contributed by atoms with Crippen LogP contribution >= 0.6 is 0 Å². The van der Waals surface area contributed by atoms with E-state index in [0.717, 1.165) is 41.7 Å². The van der Waals surface area contributed by atoms with E-state index in [-0.39, 0.29) is 12.2 Å². The lowest BCUT2D eigenvalue weighted by Crippen LogP contribution is -2.52. The number of aryl methyl sites for hydroxylation is 1. The highest BCUT2D eigenvalue weighted by Crippen LogP contribution is 2.22. The van der Waals surface area contributed by atoms with Gasteiger partial charge in [0.25, 0.3) is 0 Å². The molecule has 0 N–H and O–H groups in total. The first-order valence-corrected chi connectivity index (χ1v) is 9.67. The molecule has 0 spiro atoms. The molecule has 0 radical (unpaired) electrons. The summed E-state index contributed by atoms with van der Waals surface area (Å²) in [7, 11) is 4.02. The molecule has 7 nitrogen and oxygen atoms in total. The van der Waals surface area contributed by atoms with Crippen molar-refractivity contribution in [2.45, 2.75) is 19.4 Å². The van der Waals surface area contributed by atoms with E-state index in [2.05, 4.69) is 38.8 Å². The Morgan fingerprint density at radius 1 is 1.18 bits per heavy atom. The summed E-state index contributed by atoms with van der Waals surface area (Å²) in [5.41, 5.74) is 2.96. The van der Waals surface area contributed by atoms with E-state index >= 15 is 0 Å². The maximum atomic E-state index is 12.6. The minimum Gasteiger partial charge on any atom is -0.304 e. The third-order valence-corrected chi connectivity index (χ3v) is 5.37. The van der Waals surface area contributed by atoms with Crippen molar-refractivity contribution in [1.29, 1.82) is 0 Å². The predicted octanol–water partition coefficient (Wildman–Crippen LogP) is 1.78. The zero-order chi connectivity index (χ0) is 19.7. The zero-order valence-electron chi connectivity index (χ0n) is 16.7. The van der Waals surface area contributed by atoms with Gasteiger partial charge >= 0.3 is 0 Å². The highest BCUT2D eigenvalue weighted by molar-refractivity contribution is 5.85. The van der Waals surface area contributed by atoms with Crippen molar-refractivity contribution in [1.82, 2.24) is 29.5 Å². The number of Topliss-reactive ketones (excluding diaryl/α,β-unsaturated/α-hetero) is 1. The monoisotopic (exact) mass is 378 g/mol. The van der Waals surface area contributed by atoms with Crippen LogP contribution < -0.4 is 0 Å². The lowest BCUT2D eigenvalue weighted by Gasteiger charge is -2.37. The number of piperazine rings is 1. The number of hydrogen-bond donors (Lipinski definition) is 0. The number of hydrogen-bond acceptors (Lipinski definition) is 6. The fourth-order valence-electron chi connectivity index (χ4n) is 3.77. The van der Waals surface area contributed by atoms with E-state index in [1.165, 1.54) is 0 Å². The molecule has 4 rings (SSSR count). The van der Waals surface area contributed by atoms with Crippen LogP contribution in [-0.4, -0.2) is 74.6 Å². The number of carbonyl (C=O) groups is 1. The number of fused-ring (bicyclic) bond motifs is 1. The minimum atomic E-state index is 0.166.